The first-order valence-corrected chi connectivity index (χ1v) is 9.95. The summed E-state index contributed by atoms with van der Waals surface area (Å²) in [4.78, 5) is 11.9. The van der Waals surface area contributed by atoms with Crippen LogP contribution < -0.4 is 5.32 Å². The highest BCUT2D eigenvalue weighted by molar-refractivity contribution is 7.88. The van der Waals surface area contributed by atoms with E-state index in [0.717, 1.165) is 28.8 Å². The number of rotatable bonds is 6. The molecule has 6 nitrogen and oxygen atoms in total. The first-order valence-electron chi connectivity index (χ1n) is 7.72. The molecule has 152 valence electrons. The van der Waals surface area contributed by atoms with Gasteiger partial charge in [0.05, 0.1) is 24.1 Å². The van der Waals surface area contributed by atoms with E-state index in [0.29, 0.717) is 5.76 Å². The van der Waals surface area contributed by atoms with Crippen LogP contribution in [-0.4, -0.2) is 31.9 Å². The number of amides is 1. The maximum Gasteiger partial charge on any atom is 0.418 e. The van der Waals surface area contributed by atoms with Gasteiger partial charge in [-0.1, -0.05) is 11.6 Å². The zero-order valence-corrected chi connectivity index (χ0v) is 16.3. The summed E-state index contributed by atoms with van der Waals surface area (Å²) >= 11 is 5.59. The quantitative estimate of drug-likeness (QED) is 0.694. The smallest absolute Gasteiger partial charge is 0.418 e. The molecule has 0 bridgehead atoms. The maximum absolute atomic E-state index is 13.0. The Bertz CT molecular complexity index is 1000. The third kappa shape index (κ3) is 6.11. The van der Waals surface area contributed by atoms with E-state index >= 15 is 0 Å². The first-order chi connectivity index (χ1) is 12.9. The molecule has 0 saturated carbocycles. The molecule has 2 rings (SSSR count). The molecule has 0 unspecified atom stereocenters. The predicted octanol–water partition coefficient (Wildman–Crippen LogP) is 4.00. The highest BCUT2D eigenvalue weighted by atomic mass is 35.5. The Morgan fingerprint density at radius 2 is 1.96 bits per heavy atom. The van der Waals surface area contributed by atoms with Gasteiger partial charge in [0.15, 0.2) is 0 Å². The number of hydrogen-bond acceptors (Lipinski definition) is 4. The summed E-state index contributed by atoms with van der Waals surface area (Å²) in [5.41, 5.74) is -1.49. The number of carbonyl (C=O) groups is 1. The van der Waals surface area contributed by atoms with Gasteiger partial charge in [-0.05, 0) is 36.4 Å². The standard InChI is InChI=1S/C17H16ClF3N2O4S/c1-23(28(2,25)26)10-13-5-4-12(27-13)6-8-16(24)22-15-7-3-11(18)9-14(15)17(19,20)21/h3-9H,10H2,1-2H3,(H,22,24)/b8-6+. The van der Waals surface area contributed by atoms with E-state index in [4.69, 9.17) is 16.0 Å². The lowest BCUT2D eigenvalue weighted by Crippen LogP contribution is -2.24. The fourth-order valence-corrected chi connectivity index (χ4v) is 2.63. The Morgan fingerprint density at radius 1 is 1.29 bits per heavy atom. The van der Waals surface area contributed by atoms with Crippen LogP contribution in [-0.2, 0) is 27.5 Å². The Labute approximate surface area is 164 Å². The molecule has 28 heavy (non-hydrogen) atoms. The molecule has 0 atom stereocenters. The van der Waals surface area contributed by atoms with Crippen LogP contribution in [0.3, 0.4) is 0 Å². The minimum Gasteiger partial charge on any atom is -0.460 e. The van der Waals surface area contributed by atoms with E-state index < -0.39 is 33.4 Å². The summed E-state index contributed by atoms with van der Waals surface area (Å²) < 4.78 is 68.3. The van der Waals surface area contributed by atoms with Gasteiger partial charge in [-0.25, -0.2) is 8.42 Å². The van der Waals surface area contributed by atoms with Crippen molar-refractivity contribution in [2.75, 3.05) is 18.6 Å². The molecule has 0 aliphatic heterocycles. The van der Waals surface area contributed by atoms with Gasteiger partial charge in [0.25, 0.3) is 0 Å². The topological polar surface area (TPSA) is 79.6 Å². The molecule has 0 aliphatic carbocycles. The lowest BCUT2D eigenvalue weighted by Gasteiger charge is -2.13. The molecule has 11 heteroatoms. The summed E-state index contributed by atoms with van der Waals surface area (Å²) in [5.74, 6) is -0.233. The molecule has 1 aromatic carbocycles. The highest BCUT2D eigenvalue weighted by Crippen LogP contribution is 2.36. The van der Waals surface area contributed by atoms with E-state index in [1.54, 1.807) is 0 Å². The van der Waals surface area contributed by atoms with Crippen molar-refractivity contribution < 1.29 is 30.8 Å². The van der Waals surface area contributed by atoms with Crippen molar-refractivity contribution in [1.82, 2.24) is 4.31 Å². The average Bonchev–Trinajstić information content (AvgIpc) is 3.00. The summed E-state index contributed by atoms with van der Waals surface area (Å²) in [6.45, 7) is -0.00140. The van der Waals surface area contributed by atoms with E-state index in [1.807, 2.05) is 0 Å². The minimum absolute atomic E-state index is 0.00140. The number of nitrogens with one attached hydrogen (secondary N) is 1. The largest absolute Gasteiger partial charge is 0.460 e. The van der Waals surface area contributed by atoms with Crippen molar-refractivity contribution in [1.29, 1.82) is 0 Å². The van der Waals surface area contributed by atoms with Gasteiger partial charge < -0.3 is 9.73 Å². The van der Waals surface area contributed by atoms with Crippen LogP contribution in [0.15, 0.2) is 40.8 Å². The summed E-state index contributed by atoms with van der Waals surface area (Å²) in [6, 6.07) is 6.03. The molecule has 1 aromatic heterocycles. The molecule has 1 heterocycles. The van der Waals surface area contributed by atoms with Crippen molar-refractivity contribution in [3.05, 3.63) is 58.5 Å². The van der Waals surface area contributed by atoms with Gasteiger partial charge in [-0.2, -0.15) is 17.5 Å². The van der Waals surface area contributed by atoms with E-state index in [9.17, 15) is 26.4 Å². The van der Waals surface area contributed by atoms with Gasteiger partial charge in [-0.15, -0.1) is 0 Å². The second-order valence-electron chi connectivity index (χ2n) is 5.83. The Hall–Kier alpha value is -2.30. The van der Waals surface area contributed by atoms with E-state index in [2.05, 4.69) is 5.32 Å². The normalized spacial score (nSPS) is 12.7. The molecular weight excluding hydrogens is 421 g/mol. The van der Waals surface area contributed by atoms with Gasteiger partial charge in [0.1, 0.15) is 11.5 Å². The molecule has 2 aromatic rings. The maximum atomic E-state index is 13.0. The van der Waals surface area contributed by atoms with Gasteiger partial charge in [0.2, 0.25) is 15.9 Å². The lowest BCUT2D eigenvalue weighted by molar-refractivity contribution is -0.136. The number of halogens is 4. The third-order valence-electron chi connectivity index (χ3n) is 3.57. The summed E-state index contributed by atoms with van der Waals surface area (Å²) in [5, 5.41) is 2.03. The minimum atomic E-state index is -4.68. The van der Waals surface area contributed by atoms with Crippen LogP contribution in [0.2, 0.25) is 5.02 Å². The second-order valence-corrected chi connectivity index (χ2v) is 8.36. The van der Waals surface area contributed by atoms with Crippen LogP contribution in [0.1, 0.15) is 17.1 Å². The summed E-state index contributed by atoms with van der Waals surface area (Å²) in [7, 11) is -2.00. The Morgan fingerprint density at radius 3 is 2.57 bits per heavy atom. The lowest BCUT2D eigenvalue weighted by atomic mass is 10.1. The monoisotopic (exact) mass is 436 g/mol. The van der Waals surface area contributed by atoms with E-state index in [1.165, 1.54) is 31.3 Å². The number of sulfonamides is 1. The molecule has 1 amide bonds. The van der Waals surface area contributed by atoms with Gasteiger partial charge >= 0.3 is 6.18 Å². The molecule has 1 N–H and O–H groups in total. The van der Waals surface area contributed by atoms with Gasteiger partial charge in [0, 0.05) is 18.1 Å². The molecule has 0 radical (unpaired) electrons. The fraction of sp³-hybridized carbons (Fsp3) is 0.235. The van der Waals surface area contributed by atoms with Crippen molar-refractivity contribution in [3.8, 4) is 0 Å². The average molecular weight is 437 g/mol. The molecule has 0 fully saturated rings. The number of alkyl halides is 3. The SMILES string of the molecule is CN(Cc1ccc(/C=C/C(=O)Nc2ccc(Cl)cc2C(F)(F)F)o1)S(C)(=O)=O. The fourth-order valence-electron chi connectivity index (χ4n) is 2.10. The Balaban J connectivity index is 2.08. The number of hydrogen-bond donors (Lipinski definition) is 1. The number of nitrogens with zero attached hydrogens (tertiary/aromatic N) is 1. The zero-order chi connectivity index (χ0) is 21.1. The van der Waals surface area contributed by atoms with Crippen LogP contribution in [0, 0.1) is 0 Å². The van der Waals surface area contributed by atoms with Crippen molar-refractivity contribution in [3.63, 3.8) is 0 Å². The number of furan rings is 1. The van der Waals surface area contributed by atoms with Crippen molar-refractivity contribution in [2.24, 2.45) is 0 Å². The highest BCUT2D eigenvalue weighted by Gasteiger charge is 2.34. The van der Waals surface area contributed by atoms with Crippen LogP contribution in [0.25, 0.3) is 6.08 Å². The second kappa shape index (κ2) is 8.38. The predicted molar refractivity (Wildman–Crippen MR) is 99.1 cm³/mol. The molecule has 0 saturated heterocycles. The van der Waals surface area contributed by atoms with Gasteiger partial charge in [-0.3, -0.25) is 4.79 Å². The summed E-state index contributed by atoms with van der Waals surface area (Å²) in [6.07, 6.45) is -1.38. The third-order valence-corrected chi connectivity index (χ3v) is 5.07. The number of benzene rings is 1. The molecule has 0 spiro atoms. The number of carbonyl (C=O) groups excluding carboxylic acids is 1. The van der Waals surface area contributed by atoms with Crippen LogP contribution in [0.5, 0.6) is 0 Å². The van der Waals surface area contributed by atoms with Crippen molar-refractivity contribution in [2.45, 2.75) is 12.7 Å². The molecular formula is C17H16ClF3N2O4S. The van der Waals surface area contributed by atoms with Crippen molar-refractivity contribution >= 4 is 39.3 Å². The van der Waals surface area contributed by atoms with Crippen LogP contribution >= 0.6 is 11.6 Å². The van der Waals surface area contributed by atoms with Crippen LogP contribution in [0.4, 0.5) is 18.9 Å². The molecule has 0 aliphatic rings. The zero-order valence-electron chi connectivity index (χ0n) is 14.7. The van der Waals surface area contributed by atoms with E-state index in [-0.39, 0.29) is 17.3 Å². The Kier molecular flexibility index (Phi) is 6.58. The first kappa shape index (κ1) is 22.0. The number of anilines is 1.